The molecule has 3 unspecified atom stereocenters. The van der Waals surface area contributed by atoms with Gasteiger partial charge in [0.25, 0.3) is 0 Å². The first-order chi connectivity index (χ1) is 17.4. The number of nitrogens with one attached hydrogen (secondary N) is 1. The fourth-order valence-electron chi connectivity index (χ4n) is 7.51. The van der Waals surface area contributed by atoms with Crippen LogP contribution in [0.3, 0.4) is 0 Å². The van der Waals surface area contributed by atoms with Gasteiger partial charge in [-0.15, -0.1) is 11.8 Å². The number of nitrogens with zero attached hydrogens (tertiary/aromatic N) is 4. The summed E-state index contributed by atoms with van der Waals surface area (Å²) in [6.07, 6.45) is 7.51. The summed E-state index contributed by atoms with van der Waals surface area (Å²) in [6.45, 7) is 15.6. The van der Waals surface area contributed by atoms with E-state index < -0.39 is 9.84 Å². The van der Waals surface area contributed by atoms with Crippen LogP contribution in [-0.2, 0) is 15.3 Å². The van der Waals surface area contributed by atoms with E-state index in [2.05, 4.69) is 79.5 Å². The molecule has 1 saturated heterocycles. The Bertz CT molecular complexity index is 1490. The highest BCUT2D eigenvalue weighted by Gasteiger charge is 2.55. The molecule has 1 saturated carbocycles. The first-order valence-corrected chi connectivity index (χ1v) is 16.5. The lowest BCUT2D eigenvalue weighted by Gasteiger charge is -2.39. The first kappa shape index (κ1) is 25.4. The smallest absolute Gasteiger partial charge is 0.158 e. The van der Waals surface area contributed by atoms with E-state index in [1.54, 1.807) is 6.33 Å². The van der Waals surface area contributed by atoms with Gasteiger partial charge in [-0.1, -0.05) is 27.7 Å². The average molecular weight is 542 g/mol. The van der Waals surface area contributed by atoms with E-state index in [0.29, 0.717) is 35.6 Å². The molecular formula is C28H39N5O2S2. The summed E-state index contributed by atoms with van der Waals surface area (Å²) >= 11 is 2.06. The zero-order valence-electron chi connectivity index (χ0n) is 23.0. The summed E-state index contributed by atoms with van der Waals surface area (Å²) in [5.74, 6) is 1.99. The van der Waals surface area contributed by atoms with E-state index in [0.717, 1.165) is 12.2 Å². The Balaban J connectivity index is 1.32. The number of aryl methyl sites for hydroxylation is 1. The van der Waals surface area contributed by atoms with Crippen molar-refractivity contribution < 1.29 is 8.42 Å². The van der Waals surface area contributed by atoms with E-state index in [9.17, 15) is 8.42 Å². The second-order valence-corrected chi connectivity index (χ2v) is 15.9. The maximum absolute atomic E-state index is 11.7. The highest BCUT2D eigenvalue weighted by molar-refractivity contribution is 8.00. The van der Waals surface area contributed by atoms with Gasteiger partial charge in [-0.25, -0.2) is 17.9 Å². The lowest BCUT2D eigenvalue weighted by molar-refractivity contribution is 0.168. The summed E-state index contributed by atoms with van der Waals surface area (Å²) in [6, 6.07) is 0.534. The van der Waals surface area contributed by atoms with Crippen LogP contribution in [0.15, 0.2) is 17.6 Å². The van der Waals surface area contributed by atoms with Crippen molar-refractivity contribution in [2.75, 3.05) is 25.1 Å². The third-order valence-electron chi connectivity index (χ3n) is 9.43. The monoisotopic (exact) mass is 541 g/mol. The quantitative estimate of drug-likeness (QED) is 0.474. The lowest BCUT2D eigenvalue weighted by Crippen LogP contribution is -2.44. The van der Waals surface area contributed by atoms with Crippen LogP contribution in [0.2, 0.25) is 0 Å². The van der Waals surface area contributed by atoms with Crippen molar-refractivity contribution >= 4 is 27.2 Å². The zero-order chi connectivity index (χ0) is 26.4. The van der Waals surface area contributed by atoms with Crippen molar-refractivity contribution in [1.29, 1.82) is 0 Å². The van der Waals surface area contributed by atoms with E-state index in [-0.39, 0.29) is 11.2 Å². The Hall–Kier alpha value is -1.84. The molecule has 0 amide bonds. The number of H-pyrrole nitrogens is 1. The van der Waals surface area contributed by atoms with E-state index >= 15 is 0 Å². The Labute approximate surface area is 224 Å². The molecule has 5 heterocycles. The second kappa shape index (κ2) is 8.58. The molecule has 0 radical (unpaired) electrons. The van der Waals surface area contributed by atoms with Gasteiger partial charge in [-0.05, 0) is 66.7 Å². The number of thioether (sulfide) groups is 1. The molecule has 6 rings (SSSR count). The Morgan fingerprint density at radius 2 is 1.97 bits per heavy atom. The third-order valence-corrected chi connectivity index (χ3v) is 12.1. The molecule has 1 aliphatic carbocycles. The molecule has 7 nitrogen and oxygen atoms in total. The number of aromatic amines is 1. The summed E-state index contributed by atoms with van der Waals surface area (Å²) in [5, 5.41) is 6.31. The van der Waals surface area contributed by atoms with Crippen LogP contribution in [0.5, 0.6) is 0 Å². The molecule has 3 aromatic heterocycles. The number of fused-ring (bicyclic) bond motifs is 4. The SMILES string of the molecule is Cc1c(-c2[nH]c3c(c2C(C)C)C(C)(C)C([C@@H]2CC4CC2CN4CCS(C)(=O)=O)S3)cn2ncnc2c1C. The van der Waals surface area contributed by atoms with E-state index in [4.69, 9.17) is 0 Å². The summed E-state index contributed by atoms with van der Waals surface area (Å²) in [7, 11) is -2.92. The van der Waals surface area contributed by atoms with Crippen molar-refractivity contribution in [3.63, 3.8) is 0 Å². The van der Waals surface area contributed by atoms with E-state index in [1.807, 2.05) is 4.52 Å². The summed E-state index contributed by atoms with van der Waals surface area (Å²) < 4.78 is 25.3. The molecular weight excluding hydrogens is 502 g/mol. The maximum atomic E-state index is 11.7. The van der Waals surface area contributed by atoms with Gasteiger partial charge in [-0.3, -0.25) is 4.90 Å². The van der Waals surface area contributed by atoms with Crippen molar-refractivity contribution in [3.8, 4) is 11.3 Å². The molecule has 4 atom stereocenters. The molecule has 200 valence electrons. The summed E-state index contributed by atoms with van der Waals surface area (Å²) in [5.41, 5.74) is 8.79. The predicted molar refractivity (Wildman–Crippen MR) is 150 cm³/mol. The third kappa shape index (κ3) is 3.98. The fraction of sp³-hybridized carbons (Fsp3) is 0.643. The molecule has 9 heteroatoms. The lowest BCUT2D eigenvalue weighted by atomic mass is 9.71. The fourth-order valence-corrected chi connectivity index (χ4v) is 9.91. The van der Waals surface area contributed by atoms with Crippen molar-refractivity contribution in [2.24, 2.45) is 11.8 Å². The van der Waals surface area contributed by atoms with Crippen LogP contribution in [-0.4, -0.2) is 69.3 Å². The van der Waals surface area contributed by atoms with Gasteiger partial charge in [0.1, 0.15) is 16.2 Å². The molecule has 0 aromatic carbocycles. The predicted octanol–water partition coefficient (Wildman–Crippen LogP) is 4.97. The molecule has 2 bridgehead atoms. The van der Waals surface area contributed by atoms with Gasteiger partial charge in [0.2, 0.25) is 0 Å². The Kier molecular flexibility index (Phi) is 5.90. The highest BCUT2D eigenvalue weighted by atomic mass is 32.2. The van der Waals surface area contributed by atoms with Crippen molar-refractivity contribution in [3.05, 3.63) is 34.8 Å². The highest BCUT2D eigenvalue weighted by Crippen LogP contribution is 2.60. The Morgan fingerprint density at radius 3 is 2.62 bits per heavy atom. The van der Waals surface area contributed by atoms with Crippen molar-refractivity contribution in [2.45, 2.75) is 82.0 Å². The molecule has 2 fully saturated rings. The van der Waals surface area contributed by atoms with Crippen LogP contribution in [0.4, 0.5) is 0 Å². The number of rotatable bonds is 6. The van der Waals surface area contributed by atoms with Crippen LogP contribution < -0.4 is 0 Å². The van der Waals surface area contributed by atoms with Gasteiger partial charge in [0.05, 0.1) is 16.5 Å². The van der Waals surface area contributed by atoms with Crippen LogP contribution in [0.25, 0.3) is 16.9 Å². The zero-order valence-corrected chi connectivity index (χ0v) is 24.6. The minimum absolute atomic E-state index is 0.0569. The molecule has 3 aromatic rings. The normalized spacial score (nSPS) is 27.1. The van der Waals surface area contributed by atoms with Gasteiger partial charge >= 0.3 is 0 Å². The number of sulfone groups is 1. The number of hydrogen-bond acceptors (Lipinski definition) is 6. The minimum Gasteiger partial charge on any atom is -0.349 e. The first-order valence-electron chi connectivity index (χ1n) is 13.5. The maximum Gasteiger partial charge on any atom is 0.158 e. The standard InChI is InChI=1S/C28H39N5O2S2/c1-15(2)22-23-27(31-24(22)21-13-33-26(29-14-30-33)17(4)16(21)3)36-25(28(23,5)6)20-11-19-10-18(20)12-32(19)8-9-37(7,34)35/h13-15,18-20,25,31H,8-12H2,1-7H3/t18?,19?,20-,25?/m1/s1. The molecule has 0 spiro atoms. The van der Waals surface area contributed by atoms with E-state index in [1.165, 1.54) is 57.6 Å². The van der Waals surface area contributed by atoms with Gasteiger partial charge in [0, 0.05) is 47.8 Å². The summed E-state index contributed by atoms with van der Waals surface area (Å²) in [4.78, 5) is 10.8. The largest absolute Gasteiger partial charge is 0.349 e. The molecule has 2 aliphatic heterocycles. The van der Waals surface area contributed by atoms with Crippen LogP contribution >= 0.6 is 11.8 Å². The molecule has 1 N–H and O–H groups in total. The molecule has 37 heavy (non-hydrogen) atoms. The number of pyridine rings is 1. The number of piperidine rings is 1. The average Bonchev–Trinajstić information content (AvgIpc) is 3.60. The van der Waals surface area contributed by atoms with Crippen LogP contribution in [0.1, 0.15) is 68.7 Å². The number of aromatic nitrogens is 4. The van der Waals surface area contributed by atoms with Gasteiger partial charge < -0.3 is 4.98 Å². The Morgan fingerprint density at radius 1 is 1.22 bits per heavy atom. The van der Waals surface area contributed by atoms with Gasteiger partial charge in [-0.2, -0.15) is 5.10 Å². The van der Waals surface area contributed by atoms with Crippen LogP contribution in [0, 0.1) is 25.7 Å². The van der Waals surface area contributed by atoms with Crippen molar-refractivity contribution in [1.82, 2.24) is 24.5 Å². The topological polar surface area (TPSA) is 83.4 Å². The molecule has 3 aliphatic rings. The minimum atomic E-state index is -2.92. The number of hydrogen-bond donors (Lipinski definition) is 1. The van der Waals surface area contributed by atoms with Gasteiger partial charge in [0.15, 0.2) is 5.65 Å². The number of likely N-dealkylation sites (tertiary alicyclic amines) is 1. The second-order valence-electron chi connectivity index (χ2n) is 12.5.